The summed E-state index contributed by atoms with van der Waals surface area (Å²) < 4.78 is 1.59. The molecule has 1 amide bonds. The van der Waals surface area contributed by atoms with Crippen LogP contribution < -0.4 is 0 Å². The third-order valence-corrected chi connectivity index (χ3v) is 6.10. The molecule has 0 unspecified atom stereocenters. The third-order valence-electron chi connectivity index (χ3n) is 6.10. The molecule has 1 aromatic heterocycles. The Morgan fingerprint density at radius 3 is 2.43 bits per heavy atom. The van der Waals surface area contributed by atoms with Gasteiger partial charge in [-0.25, -0.2) is 4.68 Å². The average molecular weight is 313 g/mol. The number of nitrogens with zero attached hydrogens (tertiary/aromatic N) is 5. The highest BCUT2D eigenvalue weighted by molar-refractivity contribution is 5.77. The van der Waals surface area contributed by atoms with Crippen molar-refractivity contribution in [3.63, 3.8) is 0 Å². The summed E-state index contributed by atoms with van der Waals surface area (Å²) in [5.41, 5.74) is 0.00324. The molecule has 0 aliphatic heterocycles. The summed E-state index contributed by atoms with van der Waals surface area (Å²) in [7, 11) is 0. The van der Waals surface area contributed by atoms with Gasteiger partial charge >= 0.3 is 0 Å². The molecule has 0 N–H and O–H groups in total. The fourth-order valence-electron chi connectivity index (χ4n) is 5.72. The van der Waals surface area contributed by atoms with Crippen LogP contribution in [0.1, 0.15) is 44.9 Å². The van der Waals surface area contributed by atoms with Crippen molar-refractivity contribution >= 4 is 5.91 Å². The minimum atomic E-state index is 0.00324. The SMILES string of the molecule is N#CCCN(C(=O)Cn1ccnn1)C12CC3CC(CC(C3)C1)C2. The molecule has 23 heavy (non-hydrogen) atoms. The zero-order valence-electron chi connectivity index (χ0n) is 13.4. The first kappa shape index (κ1) is 14.7. The van der Waals surface area contributed by atoms with Crippen LogP contribution in [-0.2, 0) is 11.3 Å². The Morgan fingerprint density at radius 2 is 1.91 bits per heavy atom. The topological polar surface area (TPSA) is 74.8 Å². The van der Waals surface area contributed by atoms with Crippen LogP contribution in [0.5, 0.6) is 0 Å². The second kappa shape index (κ2) is 5.63. The maximum atomic E-state index is 13.0. The Labute approximate surface area is 136 Å². The van der Waals surface area contributed by atoms with E-state index in [9.17, 15) is 4.79 Å². The number of rotatable bonds is 5. The molecular weight excluding hydrogens is 290 g/mol. The summed E-state index contributed by atoms with van der Waals surface area (Å²) in [6, 6.07) is 2.22. The van der Waals surface area contributed by atoms with E-state index in [0.29, 0.717) is 13.0 Å². The van der Waals surface area contributed by atoms with Crippen LogP contribution in [0.4, 0.5) is 0 Å². The Morgan fingerprint density at radius 1 is 1.26 bits per heavy atom. The van der Waals surface area contributed by atoms with Gasteiger partial charge in [-0.3, -0.25) is 4.79 Å². The van der Waals surface area contributed by atoms with Crippen molar-refractivity contribution in [3.05, 3.63) is 12.4 Å². The van der Waals surface area contributed by atoms with Crippen LogP contribution in [-0.4, -0.2) is 37.9 Å². The molecule has 1 heterocycles. The molecule has 0 radical (unpaired) electrons. The number of carbonyl (C=O) groups is 1. The molecule has 4 fully saturated rings. The molecule has 0 spiro atoms. The van der Waals surface area contributed by atoms with Gasteiger partial charge in [0, 0.05) is 18.3 Å². The Balaban J connectivity index is 1.58. The van der Waals surface area contributed by atoms with Gasteiger partial charge in [-0.1, -0.05) is 5.21 Å². The Bertz CT molecular complexity index is 582. The van der Waals surface area contributed by atoms with Gasteiger partial charge in [-0.15, -0.1) is 5.10 Å². The van der Waals surface area contributed by atoms with Gasteiger partial charge in [0.2, 0.25) is 5.91 Å². The van der Waals surface area contributed by atoms with Crippen LogP contribution in [0.3, 0.4) is 0 Å². The van der Waals surface area contributed by atoms with Crippen LogP contribution >= 0.6 is 0 Å². The van der Waals surface area contributed by atoms with Crippen molar-refractivity contribution in [2.24, 2.45) is 17.8 Å². The van der Waals surface area contributed by atoms with Crippen molar-refractivity contribution in [1.82, 2.24) is 19.9 Å². The van der Waals surface area contributed by atoms with Gasteiger partial charge < -0.3 is 4.90 Å². The van der Waals surface area contributed by atoms with Crippen LogP contribution in [0, 0.1) is 29.1 Å². The molecule has 0 saturated heterocycles. The van der Waals surface area contributed by atoms with Crippen LogP contribution in [0.15, 0.2) is 12.4 Å². The molecule has 4 aliphatic carbocycles. The maximum Gasteiger partial charge on any atom is 0.244 e. The van der Waals surface area contributed by atoms with Gasteiger partial charge in [-0.2, -0.15) is 5.26 Å². The molecule has 4 saturated carbocycles. The average Bonchev–Trinajstić information content (AvgIpc) is 2.99. The number of aromatic nitrogens is 3. The summed E-state index contributed by atoms with van der Waals surface area (Å²) >= 11 is 0. The number of nitriles is 1. The second-order valence-electron chi connectivity index (χ2n) is 7.70. The van der Waals surface area contributed by atoms with E-state index in [-0.39, 0.29) is 18.0 Å². The molecule has 1 aromatic rings. The highest BCUT2D eigenvalue weighted by Gasteiger charge is 2.54. The Hall–Kier alpha value is -1.90. The summed E-state index contributed by atoms with van der Waals surface area (Å²) in [5, 5.41) is 16.7. The highest BCUT2D eigenvalue weighted by atomic mass is 16.2. The summed E-state index contributed by atoms with van der Waals surface area (Å²) in [6.45, 7) is 0.781. The molecule has 0 aromatic carbocycles. The predicted molar refractivity (Wildman–Crippen MR) is 82.9 cm³/mol. The summed E-state index contributed by atoms with van der Waals surface area (Å²) in [4.78, 5) is 15.0. The monoisotopic (exact) mass is 313 g/mol. The Kier molecular flexibility index (Phi) is 3.59. The van der Waals surface area contributed by atoms with Crippen LogP contribution in [0.2, 0.25) is 0 Å². The molecule has 5 rings (SSSR count). The van der Waals surface area contributed by atoms with Crippen molar-refractivity contribution in [1.29, 1.82) is 5.26 Å². The summed E-state index contributed by atoms with van der Waals surface area (Å²) in [5.74, 6) is 2.44. The van der Waals surface area contributed by atoms with Gasteiger partial charge in [0.1, 0.15) is 6.54 Å². The van der Waals surface area contributed by atoms with Gasteiger partial charge in [0.15, 0.2) is 0 Å². The van der Waals surface area contributed by atoms with Gasteiger partial charge in [0.25, 0.3) is 0 Å². The van der Waals surface area contributed by atoms with Crippen LogP contribution in [0.25, 0.3) is 0 Å². The first-order valence-electron chi connectivity index (χ1n) is 8.70. The van der Waals surface area contributed by atoms with E-state index in [4.69, 9.17) is 5.26 Å². The molecule has 4 aliphatic rings. The largest absolute Gasteiger partial charge is 0.334 e. The van der Waals surface area contributed by atoms with E-state index in [1.54, 1.807) is 17.1 Å². The first-order valence-corrected chi connectivity index (χ1v) is 8.70. The van der Waals surface area contributed by atoms with Gasteiger partial charge in [0.05, 0.1) is 18.7 Å². The van der Waals surface area contributed by atoms with Crippen molar-refractivity contribution in [2.45, 2.75) is 57.0 Å². The number of hydrogen-bond acceptors (Lipinski definition) is 4. The van der Waals surface area contributed by atoms with Crippen molar-refractivity contribution < 1.29 is 4.79 Å². The standard InChI is InChI=1S/C17H23N5O/c18-2-1-4-22(16(23)12-21-5-3-19-20-21)17-9-13-6-14(10-17)8-15(7-13)11-17/h3,5,13-15H,1,4,6-12H2. The maximum absolute atomic E-state index is 13.0. The number of hydrogen-bond donors (Lipinski definition) is 0. The zero-order chi connectivity index (χ0) is 15.9. The zero-order valence-corrected chi connectivity index (χ0v) is 13.4. The van der Waals surface area contributed by atoms with E-state index in [0.717, 1.165) is 37.0 Å². The second-order valence-corrected chi connectivity index (χ2v) is 7.70. The minimum absolute atomic E-state index is 0.00324. The lowest BCUT2D eigenvalue weighted by atomic mass is 9.52. The molecule has 6 heteroatoms. The molecular formula is C17H23N5O. The molecule has 122 valence electrons. The fraction of sp³-hybridized carbons (Fsp3) is 0.765. The predicted octanol–water partition coefficient (Wildman–Crippen LogP) is 1.99. The lowest BCUT2D eigenvalue weighted by Crippen LogP contribution is -2.62. The van der Waals surface area contributed by atoms with E-state index in [1.807, 2.05) is 4.90 Å². The van der Waals surface area contributed by atoms with E-state index < -0.39 is 0 Å². The third kappa shape index (κ3) is 2.62. The normalized spacial score (nSPS) is 34.3. The van der Waals surface area contributed by atoms with E-state index in [2.05, 4.69) is 16.4 Å². The lowest BCUT2D eigenvalue weighted by Gasteiger charge is -2.60. The number of carbonyl (C=O) groups excluding carboxylic acids is 1. The first-order chi connectivity index (χ1) is 11.2. The molecule has 6 nitrogen and oxygen atoms in total. The minimum Gasteiger partial charge on any atom is -0.334 e. The smallest absolute Gasteiger partial charge is 0.244 e. The van der Waals surface area contributed by atoms with E-state index in [1.165, 1.54) is 19.3 Å². The van der Waals surface area contributed by atoms with Crippen molar-refractivity contribution in [2.75, 3.05) is 6.54 Å². The number of amides is 1. The molecule has 4 bridgehead atoms. The lowest BCUT2D eigenvalue weighted by molar-refractivity contribution is -0.151. The van der Waals surface area contributed by atoms with E-state index >= 15 is 0 Å². The quantitative estimate of drug-likeness (QED) is 0.833. The van der Waals surface area contributed by atoms with Crippen molar-refractivity contribution in [3.8, 4) is 6.07 Å². The highest BCUT2D eigenvalue weighted by Crippen LogP contribution is 2.57. The summed E-state index contributed by atoms with van der Waals surface area (Å²) in [6.07, 6.45) is 11.2. The van der Waals surface area contributed by atoms with Gasteiger partial charge in [-0.05, 0) is 56.3 Å². The fourth-order valence-corrected chi connectivity index (χ4v) is 5.72. The molecule has 0 atom stereocenters.